The molecule has 9 heteroatoms. The minimum Gasteiger partial charge on any atom is -0.497 e. The Labute approximate surface area is 174 Å². The van der Waals surface area contributed by atoms with E-state index in [4.69, 9.17) is 9.47 Å². The summed E-state index contributed by atoms with van der Waals surface area (Å²) in [4.78, 5) is 48.6. The Morgan fingerprint density at radius 2 is 2.00 bits per heavy atom. The Morgan fingerprint density at radius 1 is 1.27 bits per heavy atom. The number of rotatable bonds is 7. The van der Waals surface area contributed by atoms with Crippen molar-refractivity contribution in [3.8, 4) is 5.75 Å². The summed E-state index contributed by atoms with van der Waals surface area (Å²) in [6, 6.07) is 6.13. The fourth-order valence-corrected chi connectivity index (χ4v) is 4.04. The van der Waals surface area contributed by atoms with Gasteiger partial charge in [-0.1, -0.05) is 12.1 Å². The molecule has 1 spiro atoms. The highest BCUT2D eigenvalue weighted by Crippen LogP contribution is 2.35. The second kappa shape index (κ2) is 9.15. The number of carbonyl (C=O) groups is 4. The van der Waals surface area contributed by atoms with E-state index in [-0.39, 0.29) is 30.8 Å². The zero-order valence-electron chi connectivity index (χ0n) is 17.2. The van der Waals surface area contributed by atoms with Crippen molar-refractivity contribution in [1.29, 1.82) is 0 Å². The van der Waals surface area contributed by atoms with E-state index < -0.39 is 23.6 Å². The first-order valence-corrected chi connectivity index (χ1v) is 10.1. The largest absolute Gasteiger partial charge is 0.497 e. The van der Waals surface area contributed by atoms with Gasteiger partial charge in [-0.2, -0.15) is 0 Å². The lowest BCUT2D eigenvalue weighted by Gasteiger charge is -2.34. The van der Waals surface area contributed by atoms with Crippen LogP contribution in [0.1, 0.15) is 50.6 Å². The van der Waals surface area contributed by atoms with Gasteiger partial charge in [-0.3, -0.25) is 19.7 Å². The number of urea groups is 1. The summed E-state index contributed by atoms with van der Waals surface area (Å²) in [5.41, 5.74) is -0.171. The number of hydrogen-bond donors (Lipinski definition) is 3. The molecule has 1 aromatic carbocycles. The van der Waals surface area contributed by atoms with Crippen LogP contribution in [0.2, 0.25) is 0 Å². The highest BCUT2D eigenvalue weighted by molar-refractivity contribution is 6.07. The van der Waals surface area contributed by atoms with E-state index in [0.717, 1.165) is 5.56 Å². The quantitative estimate of drug-likeness (QED) is 0.457. The molecule has 1 aromatic rings. The predicted molar refractivity (Wildman–Crippen MR) is 106 cm³/mol. The van der Waals surface area contributed by atoms with Crippen LogP contribution in [0.15, 0.2) is 24.3 Å². The molecule has 1 atom stereocenters. The molecular formula is C21H27N3O6. The number of nitrogens with one attached hydrogen (secondary N) is 3. The van der Waals surface area contributed by atoms with E-state index in [1.54, 1.807) is 32.2 Å². The second-order valence-electron chi connectivity index (χ2n) is 7.61. The minimum atomic E-state index is -0.912. The lowest BCUT2D eigenvalue weighted by Crippen LogP contribution is -2.51. The molecule has 3 rings (SSSR count). The van der Waals surface area contributed by atoms with Gasteiger partial charge in [-0.15, -0.1) is 0 Å². The normalized spacial score (nSPS) is 24.0. The fraction of sp³-hybridized carbons (Fsp3) is 0.524. The van der Waals surface area contributed by atoms with Crippen LogP contribution in [-0.2, 0) is 19.1 Å². The molecule has 1 heterocycles. The van der Waals surface area contributed by atoms with Crippen LogP contribution in [0, 0.1) is 5.92 Å². The van der Waals surface area contributed by atoms with Crippen molar-refractivity contribution in [3.63, 3.8) is 0 Å². The number of hydrogen-bond acceptors (Lipinski definition) is 6. The highest BCUT2D eigenvalue weighted by Gasteiger charge is 2.49. The van der Waals surface area contributed by atoms with E-state index in [2.05, 4.69) is 16.0 Å². The average molecular weight is 417 g/mol. The molecule has 30 heavy (non-hydrogen) atoms. The van der Waals surface area contributed by atoms with Gasteiger partial charge in [0.1, 0.15) is 11.3 Å². The van der Waals surface area contributed by atoms with Crippen LogP contribution in [0.4, 0.5) is 4.79 Å². The molecule has 1 unspecified atom stereocenters. The first kappa shape index (κ1) is 21.6. The predicted octanol–water partition coefficient (Wildman–Crippen LogP) is 1.57. The molecule has 0 radical (unpaired) electrons. The molecule has 2 fully saturated rings. The second-order valence-corrected chi connectivity index (χ2v) is 7.61. The van der Waals surface area contributed by atoms with Crippen LogP contribution in [0.3, 0.4) is 0 Å². The van der Waals surface area contributed by atoms with Gasteiger partial charge >= 0.3 is 12.0 Å². The summed E-state index contributed by atoms with van der Waals surface area (Å²) >= 11 is 0. The Hall–Kier alpha value is -3.10. The van der Waals surface area contributed by atoms with Gasteiger partial charge in [0.25, 0.3) is 5.91 Å². The number of esters is 1. The summed E-state index contributed by atoms with van der Waals surface area (Å²) < 4.78 is 10.3. The van der Waals surface area contributed by atoms with Gasteiger partial charge in [0.2, 0.25) is 5.91 Å². The molecule has 3 N–H and O–H groups in total. The smallest absolute Gasteiger partial charge is 0.322 e. The lowest BCUT2D eigenvalue weighted by molar-refractivity contribution is -0.144. The van der Waals surface area contributed by atoms with Gasteiger partial charge in [-0.25, -0.2) is 4.79 Å². The molecule has 9 nitrogen and oxygen atoms in total. The lowest BCUT2D eigenvalue weighted by atomic mass is 9.76. The first-order valence-electron chi connectivity index (χ1n) is 10.1. The molecule has 1 aliphatic carbocycles. The van der Waals surface area contributed by atoms with Crippen LogP contribution >= 0.6 is 0 Å². The Balaban J connectivity index is 1.68. The fourth-order valence-electron chi connectivity index (χ4n) is 4.04. The van der Waals surface area contributed by atoms with Gasteiger partial charge in [0, 0.05) is 5.92 Å². The molecular weight excluding hydrogens is 390 g/mol. The number of imide groups is 1. The van der Waals surface area contributed by atoms with Crippen molar-refractivity contribution in [2.24, 2.45) is 5.92 Å². The van der Waals surface area contributed by atoms with Crippen LogP contribution in [0.5, 0.6) is 5.75 Å². The molecule has 2 aliphatic rings. The number of ether oxygens (including phenoxy) is 2. The maximum atomic E-state index is 12.9. The number of methoxy groups -OCH3 is 1. The molecule has 0 bridgehead atoms. The Bertz CT molecular complexity index is 832. The number of amides is 4. The van der Waals surface area contributed by atoms with Crippen molar-refractivity contribution in [3.05, 3.63) is 29.8 Å². The van der Waals surface area contributed by atoms with Crippen LogP contribution < -0.4 is 20.7 Å². The van der Waals surface area contributed by atoms with Crippen LogP contribution in [0.25, 0.3) is 0 Å². The minimum absolute atomic E-state index is 0.00185. The third-order valence-corrected chi connectivity index (χ3v) is 5.71. The van der Waals surface area contributed by atoms with Crippen molar-refractivity contribution in [2.75, 3.05) is 13.7 Å². The summed E-state index contributed by atoms with van der Waals surface area (Å²) in [5, 5.41) is 7.92. The molecule has 1 saturated carbocycles. The molecule has 1 saturated heterocycles. The molecule has 4 amide bonds. The van der Waals surface area contributed by atoms with Crippen molar-refractivity contribution < 1.29 is 28.7 Å². The number of carbonyl (C=O) groups excluding carboxylic acids is 4. The summed E-state index contributed by atoms with van der Waals surface area (Å²) in [5.74, 6) is -0.609. The van der Waals surface area contributed by atoms with Gasteiger partial charge in [0.05, 0.1) is 26.2 Å². The van der Waals surface area contributed by atoms with Crippen molar-refractivity contribution in [1.82, 2.24) is 16.0 Å². The van der Waals surface area contributed by atoms with E-state index in [1.165, 1.54) is 0 Å². The van der Waals surface area contributed by atoms with Crippen molar-refractivity contribution in [2.45, 2.75) is 50.6 Å². The SMILES string of the molecule is CCOC(=O)CC(NC(=O)C1CCC2(CC1)NC(=O)NC2=O)c1cccc(OC)c1. The topological polar surface area (TPSA) is 123 Å². The highest BCUT2D eigenvalue weighted by atomic mass is 16.5. The summed E-state index contributed by atoms with van der Waals surface area (Å²) in [6.45, 7) is 1.99. The van der Waals surface area contributed by atoms with Crippen LogP contribution in [-0.4, -0.2) is 43.1 Å². The summed E-state index contributed by atoms with van der Waals surface area (Å²) in [6.07, 6.45) is 1.71. The maximum Gasteiger partial charge on any atom is 0.322 e. The zero-order chi connectivity index (χ0) is 21.7. The van der Waals surface area contributed by atoms with E-state index >= 15 is 0 Å². The van der Waals surface area contributed by atoms with Gasteiger partial charge in [-0.05, 0) is 50.3 Å². The monoisotopic (exact) mass is 417 g/mol. The summed E-state index contributed by atoms with van der Waals surface area (Å²) in [7, 11) is 1.55. The third-order valence-electron chi connectivity index (χ3n) is 5.71. The third kappa shape index (κ3) is 4.72. The Morgan fingerprint density at radius 3 is 2.60 bits per heavy atom. The average Bonchev–Trinajstić information content (AvgIpc) is 3.00. The van der Waals surface area contributed by atoms with Gasteiger partial charge in [0.15, 0.2) is 0 Å². The molecule has 1 aliphatic heterocycles. The van der Waals surface area contributed by atoms with E-state index in [1.807, 2.05) is 6.07 Å². The Kier molecular flexibility index (Phi) is 6.59. The zero-order valence-corrected chi connectivity index (χ0v) is 17.2. The van der Waals surface area contributed by atoms with E-state index in [0.29, 0.717) is 31.4 Å². The standard InChI is InChI=1S/C21H27N3O6/c1-3-30-17(25)12-16(14-5-4-6-15(11-14)29-2)22-18(26)13-7-9-21(10-8-13)19(27)23-20(28)24-21/h4-6,11,13,16H,3,7-10,12H2,1-2H3,(H,22,26)(H2,23,24,27,28). The van der Waals surface area contributed by atoms with Gasteiger partial charge < -0.3 is 20.1 Å². The first-order chi connectivity index (χ1) is 14.4. The molecule has 0 aromatic heterocycles. The number of benzene rings is 1. The molecule has 162 valence electrons. The van der Waals surface area contributed by atoms with E-state index in [9.17, 15) is 19.2 Å². The van der Waals surface area contributed by atoms with Crippen molar-refractivity contribution >= 4 is 23.8 Å². The maximum absolute atomic E-state index is 12.9.